The fourth-order valence-electron chi connectivity index (χ4n) is 3.77. The average molecular weight is 429 g/mol. The minimum atomic E-state index is -1.29. The minimum Gasteiger partial charge on any atom is -0.548 e. The van der Waals surface area contributed by atoms with E-state index in [1.807, 2.05) is 30.3 Å². The van der Waals surface area contributed by atoms with Gasteiger partial charge < -0.3 is 24.6 Å². The van der Waals surface area contributed by atoms with Crippen molar-refractivity contribution in [2.45, 2.75) is 43.0 Å². The molecule has 1 aromatic carbocycles. The van der Waals surface area contributed by atoms with Crippen LogP contribution in [0.1, 0.15) is 30.0 Å². The van der Waals surface area contributed by atoms with Crippen molar-refractivity contribution in [3.05, 3.63) is 41.7 Å². The van der Waals surface area contributed by atoms with Crippen LogP contribution in [0.3, 0.4) is 0 Å². The number of carbonyl (C=O) groups is 3. The number of β-lactam (4-membered cyclic amide) rings is 1. The number of carboxylic acids is 1. The van der Waals surface area contributed by atoms with E-state index in [0.29, 0.717) is 11.5 Å². The largest absolute Gasteiger partial charge is 1.00 e. The molecule has 0 unspecified atom stereocenters. The van der Waals surface area contributed by atoms with Crippen LogP contribution in [-0.4, -0.2) is 50.0 Å². The number of carbonyl (C=O) groups excluding carboxylic acids is 3. The zero-order chi connectivity index (χ0) is 20.2. The van der Waals surface area contributed by atoms with Crippen molar-refractivity contribution in [3.8, 4) is 11.3 Å². The van der Waals surface area contributed by atoms with Gasteiger partial charge in [-0.05, 0) is 20.8 Å². The van der Waals surface area contributed by atoms with E-state index in [0.717, 1.165) is 5.56 Å². The quantitative estimate of drug-likeness (QED) is 0.424. The van der Waals surface area contributed by atoms with Crippen molar-refractivity contribution in [2.24, 2.45) is 0 Å². The summed E-state index contributed by atoms with van der Waals surface area (Å²) >= 11 is 1.34. The second kappa shape index (κ2) is 7.79. The SMILES string of the molecule is Cc1onc(-[13c]2[13cH][13cH][13cH][13cH][13cH]2)c1C(=O)N[C@@H]1C(=O)N2[C@@H]1SC(C)(C)[C@@H]2C(=O)[O-].[Na+]. The summed E-state index contributed by atoms with van der Waals surface area (Å²) in [4.78, 5) is 38.2. The summed E-state index contributed by atoms with van der Waals surface area (Å²) in [5.41, 5.74) is 1.38. The monoisotopic (exact) mass is 429 g/mol. The van der Waals surface area contributed by atoms with Crippen LogP contribution in [-0.2, 0) is 9.59 Å². The summed E-state index contributed by atoms with van der Waals surface area (Å²) < 4.78 is 4.49. The maximum absolute atomic E-state index is 12.9. The molecular weight excluding hydrogens is 411 g/mol. The zero-order valence-corrected chi connectivity index (χ0v) is 19.3. The average Bonchev–Trinajstić information content (AvgIpc) is 3.15. The number of aliphatic carboxylic acids is 1. The number of aromatic nitrogens is 1. The molecule has 29 heavy (non-hydrogen) atoms. The van der Waals surface area contributed by atoms with Gasteiger partial charge in [0.1, 0.15) is 28.4 Å². The number of hydrogen-bond acceptors (Lipinski definition) is 7. The smallest absolute Gasteiger partial charge is 0.548 e. The second-order valence-corrected chi connectivity index (χ2v) is 9.13. The Hall–Kier alpha value is -1.81. The van der Waals surface area contributed by atoms with E-state index >= 15 is 0 Å². The summed E-state index contributed by atoms with van der Waals surface area (Å²) in [5, 5.41) is 17.7. The first kappa shape index (κ1) is 21.9. The molecule has 10 heteroatoms. The molecule has 0 radical (unpaired) electrons. The number of rotatable bonds is 4. The molecular formula is C19H18N3NaO5S. The number of amides is 2. The third-order valence-electron chi connectivity index (χ3n) is 5.09. The first-order valence-corrected chi connectivity index (χ1v) is 9.64. The standard InChI is InChI=1S/C19H19N3O5S.Na/c1-9-11(12(21-27-9)10-7-5-4-6-8-10)15(23)20-13-16(24)22-14(18(25)26)19(2,3)28-17(13)22;/h4-8,13-14,17H,1-3H3,(H,20,23)(H,25,26);/q;+1/p-1/t13-,14+,17-;/m1./s1/i4+1,5+1,6+1,7+1,8+1,10+1;. The second-order valence-electron chi connectivity index (χ2n) is 7.36. The molecule has 3 heterocycles. The maximum Gasteiger partial charge on any atom is 1.00 e. The van der Waals surface area contributed by atoms with Crippen LogP contribution in [0.15, 0.2) is 34.9 Å². The Kier molecular flexibility index (Phi) is 5.88. The fraction of sp³-hybridized carbons (Fsp3) is 0.368. The van der Waals surface area contributed by atoms with E-state index in [-0.39, 0.29) is 35.1 Å². The predicted molar refractivity (Wildman–Crippen MR) is 99.0 cm³/mol. The van der Waals surface area contributed by atoms with Gasteiger partial charge in [-0.15, -0.1) is 11.8 Å². The number of nitrogens with one attached hydrogen (secondary N) is 1. The molecule has 2 aromatic rings. The fourth-order valence-corrected chi connectivity index (χ4v) is 5.39. The van der Waals surface area contributed by atoms with Crippen molar-refractivity contribution in [1.29, 1.82) is 0 Å². The maximum atomic E-state index is 12.9. The van der Waals surface area contributed by atoms with Crippen molar-refractivity contribution in [1.82, 2.24) is 15.4 Å². The molecule has 0 saturated carbocycles. The molecule has 0 spiro atoms. The van der Waals surface area contributed by atoms with Gasteiger partial charge in [0.25, 0.3) is 5.91 Å². The zero-order valence-electron chi connectivity index (χ0n) is 16.5. The Bertz CT molecular complexity index is 977. The van der Waals surface area contributed by atoms with Crippen LogP contribution in [0.5, 0.6) is 0 Å². The third-order valence-corrected chi connectivity index (χ3v) is 6.66. The topological polar surface area (TPSA) is 116 Å². The van der Waals surface area contributed by atoms with Crippen molar-refractivity contribution >= 4 is 29.5 Å². The van der Waals surface area contributed by atoms with Crippen LogP contribution < -0.4 is 40.0 Å². The molecule has 2 aliphatic heterocycles. The first-order valence-electron chi connectivity index (χ1n) is 8.76. The number of benzene rings is 1. The van der Waals surface area contributed by atoms with Crippen LogP contribution in [0, 0.1) is 6.92 Å². The summed E-state index contributed by atoms with van der Waals surface area (Å²) in [5.74, 6) is -1.86. The molecule has 146 valence electrons. The summed E-state index contributed by atoms with van der Waals surface area (Å²) in [7, 11) is 0. The van der Waals surface area contributed by atoms with Gasteiger partial charge in [-0.25, -0.2) is 0 Å². The van der Waals surface area contributed by atoms with Gasteiger partial charge in [0.2, 0.25) is 5.91 Å². The number of carboxylic acid groups (broad SMARTS) is 1. The Morgan fingerprint density at radius 3 is 2.55 bits per heavy atom. The van der Waals surface area contributed by atoms with Crippen molar-refractivity contribution in [2.75, 3.05) is 0 Å². The number of fused-ring (bicyclic) bond motifs is 1. The van der Waals surface area contributed by atoms with E-state index in [1.54, 1.807) is 20.8 Å². The third kappa shape index (κ3) is 3.50. The minimum absolute atomic E-state index is 0. The summed E-state index contributed by atoms with van der Waals surface area (Å²) in [6.07, 6.45) is 0. The normalized spacial score (nSPS) is 24.3. The molecule has 3 atom stereocenters. The van der Waals surface area contributed by atoms with Gasteiger partial charge in [0.15, 0.2) is 0 Å². The summed E-state index contributed by atoms with van der Waals surface area (Å²) in [6.45, 7) is 5.13. The van der Waals surface area contributed by atoms with Crippen LogP contribution in [0.2, 0.25) is 0 Å². The Labute approximate surface area is 193 Å². The number of thioether (sulfide) groups is 1. The molecule has 4 rings (SSSR count). The molecule has 0 bridgehead atoms. The van der Waals surface area contributed by atoms with Gasteiger partial charge in [-0.3, -0.25) is 9.59 Å². The predicted octanol–water partition coefficient (Wildman–Crippen LogP) is -2.44. The molecule has 2 amide bonds. The number of nitrogens with zero attached hydrogens (tertiary/aromatic N) is 2. The van der Waals surface area contributed by atoms with Crippen molar-refractivity contribution in [3.63, 3.8) is 0 Å². The van der Waals surface area contributed by atoms with Crippen LogP contribution >= 0.6 is 11.8 Å². The Morgan fingerprint density at radius 2 is 1.93 bits per heavy atom. The molecule has 1 N–H and O–H groups in total. The molecule has 2 fully saturated rings. The van der Waals surface area contributed by atoms with Gasteiger partial charge >= 0.3 is 29.6 Å². The van der Waals surface area contributed by atoms with Crippen LogP contribution in [0.25, 0.3) is 11.3 Å². The van der Waals surface area contributed by atoms with Gasteiger partial charge in [-0.1, -0.05) is 35.5 Å². The van der Waals surface area contributed by atoms with E-state index in [2.05, 4.69) is 10.5 Å². The molecule has 2 aliphatic rings. The molecule has 0 aliphatic carbocycles. The number of aryl methyl sites for hydroxylation is 1. The Balaban J connectivity index is 0.00000240. The van der Waals surface area contributed by atoms with Gasteiger partial charge in [-0.2, -0.15) is 0 Å². The van der Waals surface area contributed by atoms with E-state index in [4.69, 9.17) is 4.52 Å². The Morgan fingerprint density at radius 1 is 1.28 bits per heavy atom. The molecule has 1 aromatic heterocycles. The van der Waals surface area contributed by atoms with Crippen molar-refractivity contribution < 1.29 is 53.6 Å². The van der Waals surface area contributed by atoms with Crippen LogP contribution in [0.4, 0.5) is 0 Å². The van der Waals surface area contributed by atoms with E-state index in [1.165, 1.54) is 16.7 Å². The van der Waals surface area contributed by atoms with E-state index in [9.17, 15) is 19.5 Å². The van der Waals surface area contributed by atoms with Gasteiger partial charge in [0.05, 0.1) is 12.0 Å². The molecule has 2 saturated heterocycles. The summed E-state index contributed by atoms with van der Waals surface area (Å²) in [6, 6.07) is 7.29. The van der Waals surface area contributed by atoms with Gasteiger partial charge in [0, 0.05) is 10.3 Å². The molecule has 8 nitrogen and oxygen atoms in total. The van der Waals surface area contributed by atoms with E-state index < -0.39 is 40.0 Å². The number of hydrogen-bond donors (Lipinski definition) is 1. The first-order chi connectivity index (χ1) is 13.2.